The molecule has 1 aliphatic rings. The number of fused-ring (bicyclic) bond motifs is 3. The number of hydrogen-bond acceptors (Lipinski definition) is 5. The Kier molecular flexibility index (Phi) is 6.46. The van der Waals surface area contributed by atoms with Crippen LogP contribution in [0, 0.1) is 0 Å². The molecular formula is C26H27N3O5S. The maximum absolute atomic E-state index is 12.7. The van der Waals surface area contributed by atoms with Crippen LogP contribution in [0.5, 0.6) is 5.75 Å². The Morgan fingerprint density at radius 1 is 0.971 bits per heavy atom. The number of para-hydroxylation sites is 1. The van der Waals surface area contributed by atoms with Crippen molar-refractivity contribution in [2.75, 3.05) is 38.2 Å². The molecule has 0 aliphatic carbocycles. The van der Waals surface area contributed by atoms with Crippen LogP contribution in [0.2, 0.25) is 0 Å². The third kappa shape index (κ3) is 4.62. The second-order valence-electron chi connectivity index (χ2n) is 8.32. The SMILES string of the molecule is CCn1c2ccccc2c2cc(NC(=O)COc3ccc(S(=O)(=O)N4CCOCC4)cc3)ccc21. The molecule has 0 saturated carbocycles. The monoisotopic (exact) mass is 493 g/mol. The second-order valence-corrected chi connectivity index (χ2v) is 10.3. The van der Waals surface area contributed by atoms with Crippen molar-refractivity contribution in [3.8, 4) is 5.75 Å². The molecule has 1 aromatic heterocycles. The Morgan fingerprint density at radius 3 is 2.43 bits per heavy atom. The highest BCUT2D eigenvalue weighted by Gasteiger charge is 2.26. The summed E-state index contributed by atoms with van der Waals surface area (Å²) in [5, 5.41) is 5.11. The smallest absolute Gasteiger partial charge is 0.262 e. The average molecular weight is 494 g/mol. The molecule has 0 unspecified atom stereocenters. The molecule has 1 N–H and O–H groups in total. The molecule has 8 nitrogen and oxygen atoms in total. The summed E-state index contributed by atoms with van der Waals surface area (Å²) in [7, 11) is -3.57. The van der Waals surface area contributed by atoms with Gasteiger partial charge in [0.05, 0.1) is 18.1 Å². The summed E-state index contributed by atoms with van der Waals surface area (Å²) in [6.45, 7) is 4.24. The lowest BCUT2D eigenvalue weighted by atomic mass is 10.1. The summed E-state index contributed by atoms with van der Waals surface area (Å²) < 4.78 is 39.9. The molecule has 3 aromatic carbocycles. The number of aromatic nitrogens is 1. The minimum atomic E-state index is -3.57. The van der Waals surface area contributed by atoms with Crippen LogP contribution in [0.3, 0.4) is 0 Å². The van der Waals surface area contributed by atoms with Gasteiger partial charge in [-0.3, -0.25) is 4.79 Å². The highest BCUT2D eigenvalue weighted by molar-refractivity contribution is 7.89. The van der Waals surface area contributed by atoms with Gasteiger partial charge in [-0.15, -0.1) is 0 Å². The van der Waals surface area contributed by atoms with E-state index in [-0.39, 0.29) is 17.4 Å². The molecule has 9 heteroatoms. The van der Waals surface area contributed by atoms with Gasteiger partial charge in [-0.05, 0) is 55.5 Å². The van der Waals surface area contributed by atoms with Gasteiger partial charge in [-0.1, -0.05) is 18.2 Å². The maximum Gasteiger partial charge on any atom is 0.262 e. The van der Waals surface area contributed by atoms with Crippen LogP contribution in [0.4, 0.5) is 5.69 Å². The highest BCUT2D eigenvalue weighted by Crippen LogP contribution is 2.31. The van der Waals surface area contributed by atoms with Gasteiger partial charge in [-0.25, -0.2) is 8.42 Å². The van der Waals surface area contributed by atoms with Crippen molar-refractivity contribution >= 4 is 43.4 Å². The zero-order valence-electron chi connectivity index (χ0n) is 19.4. The van der Waals surface area contributed by atoms with Gasteiger partial charge in [0, 0.05) is 47.1 Å². The van der Waals surface area contributed by atoms with Gasteiger partial charge < -0.3 is 19.4 Å². The average Bonchev–Trinajstić information content (AvgIpc) is 3.21. The molecule has 2 heterocycles. The molecule has 1 fully saturated rings. The molecule has 4 aromatic rings. The lowest BCUT2D eigenvalue weighted by molar-refractivity contribution is -0.118. The standard InChI is InChI=1S/C26H27N3O5S/c1-2-29-24-6-4-3-5-22(24)23-17-19(7-12-25(23)29)27-26(30)18-34-20-8-10-21(11-9-20)35(31,32)28-13-15-33-16-14-28/h3-12,17H,2,13-16,18H2,1H3,(H,27,30). The van der Waals surface area contributed by atoms with E-state index in [4.69, 9.17) is 9.47 Å². The van der Waals surface area contributed by atoms with E-state index in [0.29, 0.717) is 37.7 Å². The number of morpholine rings is 1. The van der Waals surface area contributed by atoms with E-state index < -0.39 is 10.0 Å². The van der Waals surface area contributed by atoms with Crippen LogP contribution in [0.15, 0.2) is 71.6 Å². The summed E-state index contributed by atoms with van der Waals surface area (Å²) in [6.07, 6.45) is 0. The van der Waals surface area contributed by atoms with Gasteiger partial charge in [0.15, 0.2) is 6.61 Å². The van der Waals surface area contributed by atoms with E-state index in [0.717, 1.165) is 28.4 Å². The molecule has 182 valence electrons. The molecule has 0 bridgehead atoms. The molecule has 35 heavy (non-hydrogen) atoms. The fourth-order valence-electron chi connectivity index (χ4n) is 4.46. The van der Waals surface area contributed by atoms with Crippen molar-refractivity contribution in [3.05, 3.63) is 66.7 Å². The van der Waals surface area contributed by atoms with Crippen LogP contribution >= 0.6 is 0 Å². The lowest BCUT2D eigenvalue weighted by Gasteiger charge is -2.26. The number of carbonyl (C=O) groups is 1. The first-order valence-electron chi connectivity index (χ1n) is 11.6. The first kappa shape index (κ1) is 23.3. The molecule has 5 rings (SSSR count). The van der Waals surface area contributed by atoms with Gasteiger partial charge in [0.1, 0.15) is 5.75 Å². The zero-order chi connectivity index (χ0) is 24.4. The third-order valence-corrected chi connectivity index (χ3v) is 8.09. The van der Waals surface area contributed by atoms with Gasteiger partial charge in [0.2, 0.25) is 10.0 Å². The first-order chi connectivity index (χ1) is 17.0. The van der Waals surface area contributed by atoms with Crippen molar-refractivity contribution in [2.45, 2.75) is 18.4 Å². The summed E-state index contributed by atoms with van der Waals surface area (Å²) in [5.41, 5.74) is 2.98. The number of nitrogens with one attached hydrogen (secondary N) is 1. The van der Waals surface area contributed by atoms with E-state index in [2.05, 4.69) is 28.9 Å². The minimum absolute atomic E-state index is 0.190. The summed E-state index contributed by atoms with van der Waals surface area (Å²) in [6, 6.07) is 20.2. The predicted molar refractivity (Wildman–Crippen MR) is 135 cm³/mol. The summed E-state index contributed by atoms with van der Waals surface area (Å²) in [5.74, 6) is 0.121. The summed E-state index contributed by atoms with van der Waals surface area (Å²) in [4.78, 5) is 12.7. The van der Waals surface area contributed by atoms with E-state index in [1.165, 1.54) is 16.4 Å². The normalized spacial score (nSPS) is 14.9. The Hall–Kier alpha value is -3.40. The maximum atomic E-state index is 12.7. The number of ether oxygens (including phenoxy) is 2. The highest BCUT2D eigenvalue weighted by atomic mass is 32.2. The van der Waals surface area contributed by atoms with Crippen LogP contribution in [-0.4, -0.2) is 56.1 Å². The third-order valence-electron chi connectivity index (χ3n) is 6.17. The topological polar surface area (TPSA) is 89.9 Å². The number of benzene rings is 3. The van der Waals surface area contributed by atoms with Crippen LogP contribution in [0.25, 0.3) is 21.8 Å². The van der Waals surface area contributed by atoms with Crippen molar-refractivity contribution in [3.63, 3.8) is 0 Å². The lowest BCUT2D eigenvalue weighted by Crippen LogP contribution is -2.40. The Bertz CT molecular complexity index is 1470. The fourth-order valence-corrected chi connectivity index (χ4v) is 5.87. The van der Waals surface area contributed by atoms with Crippen molar-refractivity contribution < 1.29 is 22.7 Å². The largest absolute Gasteiger partial charge is 0.484 e. The zero-order valence-corrected chi connectivity index (χ0v) is 20.3. The second kappa shape index (κ2) is 9.69. The molecule has 1 amide bonds. The number of amides is 1. The van der Waals surface area contributed by atoms with Crippen molar-refractivity contribution in [2.24, 2.45) is 0 Å². The van der Waals surface area contributed by atoms with Crippen LogP contribution in [0.1, 0.15) is 6.92 Å². The van der Waals surface area contributed by atoms with Gasteiger partial charge in [-0.2, -0.15) is 4.31 Å². The number of aryl methyl sites for hydroxylation is 1. The number of sulfonamides is 1. The number of rotatable bonds is 7. The molecular weight excluding hydrogens is 466 g/mol. The van der Waals surface area contributed by atoms with Gasteiger partial charge in [0.25, 0.3) is 5.91 Å². The quantitative estimate of drug-likeness (QED) is 0.422. The Labute approximate surface area is 204 Å². The first-order valence-corrected chi connectivity index (χ1v) is 13.0. The minimum Gasteiger partial charge on any atom is -0.484 e. The van der Waals surface area contributed by atoms with E-state index in [1.54, 1.807) is 12.1 Å². The van der Waals surface area contributed by atoms with E-state index in [1.807, 2.05) is 30.3 Å². The van der Waals surface area contributed by atoms with Crippen molar-refractivity contribution in [1.82, 2.24) is 8.87 Å². The molecule has 0 radical (unpaired) electrons. The predicted octanol–water partition coefficient (Wildman–Crippen LogP) is 3.85. The number of nitrogens with zero attached hydrogens (tertiary/aromatic N) is 2. The molecule has 0 spiro atoms. The Balaban J connectivity index is 1.24. The van der Waals surface area contributed by atoms with E-state index >= 15 is 0 Å². The van der Waals surface area contributed by atoms with Crippen LogP contribution < -0.4 is 10.1 Å². The fraction of sp³-hybridized carbons (Fsp3) is 0.269. The number of carbonyl (C=O) groups excluding carboxylic acids is 1. The molecule has 0 atom stereocenters. The van der Waals surface area contributed by atoms with Gasteiger partial charge >= 0.3 is 0 Å². The molecule has 1 aliphatic heterocycles. The molecule has 1 saturated heterocycles. The van der Waals surface area contributed by atoms with Crippen molar-refractivity contribution in [1.29, 1.82) is 0 Å². The van der Waals surface area contributed by atoms with E-state index in [9.17, 15) is 13.2 Å². The van der Waals surface area contributed by atoms with Crippen LogP contribution in [-0.2, 0) is 26.1 Å². The number of hydrogen-bond donors (Lipinski definition) is 1. The summed E-state index contributed by atoms with van der Waals surface area (Å²) >= 11 is 0. The Morgan fingerprint density at radius 2 is 1.69 bits per heavy atom. The number of anilines is 1.